The lowest BCUT2D eigenvalue weighted by molar-refractivity contribution is -0.701. The van der Waals surface area contributed by atoms with E-state index < -0.39 is 0 Å². The van der Waals surface area contributed by atoms with Crippen LogP contribution >= 0.6 is 0 Å². The van der Waals surface area contributed by atoms with Crippen LogP contribution in [-0.4, -0.2) is 9.78 Å². The van der Waals surface area contributed by atoms with Crippen molar-refractivity contribution in [2.24, 2.45) is 0 Å². The minimum atomic E-state index is 0. The summed E-state index contributed by atoms with van der Waals surface area (Å²) in [6, 6.07) is 0. The van der Waals surface area contributed by atoms with E-state index in [0.717, 1.165) is 31.0 Å². The molecule has 0 aliphatic heterocycles. The van der Waals surface area contributed by atoms with E-state index >= 15 is 0 Å². The summed E-state index contributed by atoms with van der Waals surface area (Å²) in [4.78, 5) is 0. The van der Waals surface area contributed by atoms with Crippen LogP contribution in [0.15, 0.2) is 50.6 Å². The minimum absolute atomic E-state index is 0. The van der Waals surface area contributed by atoms with Gasteiger partial charge in [0.2, 0.25) is 5.82 Å². The van der Waals surface area contributed by atoms with Crippen molar-refractivity contribution in [1.82, 2.24) is 9.78 Å². The quantitative estimate of drug-likeness (QED) is 0.333. The van der Waals surface area contributed by atoms with E-state index in [0.29, 0.717) is 6.54 Å². The maximum atomic E-state index is 4.57. The van der Waals surface area contributed by atoms with Crippen molar-refractivity contribution in [3.8, 4) is 0 Å². The Morgan fingerprint density at radius 2 is 1.67 bits per heavy atom. The zero-order valence-corrected chi connectivity index (χ0v) is 12.8. The first-order valence-electron chi connectivity index (χ1n) is 5.70. The Morgan fingerprint density at radius 1 is 1.00 bits per heavy atom. The predicted octanol–water partition coefficient (Wildman–Crippen LogP) is -0.996. The Bertz CT molecular complexity index is 394. The second-order valence-corrected chi connectivity index (χ2v) is 3.69. The topological polar surface area (TPSA) is 21.7 Å². The molecule has 0 bridgehead atoms. The van der Waals surface area contributed by atoms with Crippen LogP contribution in [0.2, 0.25) is 0 Å². The van der Waals surface area contributed by atoms with Crippen LogP contribution in [0.1, 0.15) is 11.6 Å². The van der Waals surface area contributed by atoms with Crippen molar-refractivity contribution in [2.75, 3.05) is 0 Å². The molecule has 0 unspecified atom stereocenters. The molecule has 1 aromatic heterocycles. The van der Waals surface area contributed by atoms with Crippen LogP contribution in [0.3, 0.4) is 0 Å². The minimum Gasteiger partial charge on any atom is -1.00 e. The summed E-state index contributed by atoms with van der Waals surface area (Å²) < 4.78 is 4.11. The van der Waals surface area contributed by atoms with Gasteiger partial charge >= 0.3 is 0 Å². The van der Waals surface area contributed by atoms with E-state index in [-0.39, 0.29) is 24.0 Å². The summed E-state index contributed by atoms with van der Waals surface area (Å²) in [5, 5.41) is 4.57. The molecule has 3 nitrogen and oxygen atoms in total. The molecule has 98 valence electrons. The number of hydrogen-bond acceptors (Lipinski definition) is 1. The lowest BCUT2D eigenvalue weighted by atomic mass is 10.3. The van der Waals surface area contributed by atoms with Gasteiger partial charge in [0.05, 0.1) is 19.4 Å². The molecule has 0 fully saturated rings. The van der Waals surface area contributed by atoms with Gasteiger partial charge < -0.3 is 24.0 Å². The van der Waals surface area contributed by atoms with Gasteiger partial charge in [0, 0.05) is 5.10 Å². The highest BCUT2D eigenvalue weighted by Crippen LogP contribution is 2.01. The first kappa shape index (κ1) is 16.8. The molecular weight excluding hydrogens is 337 g/mol. The van der Waals surface area contributed by atoms with Crippen molar-refractivity contribution in [3.63, 3.8) is 0 Å². The monoisotopic (exact) mass is 357 g/mol. The summed E-state index contributed by atoms with van der Waals surface area (Å²) in [5.74, 6) is 2.12. The largest absolute Gasteiger partial charge is 1.00 e. The van der Waals surface area contributed by atoms with Gasteiger partial charge in [-0.25, -0.2) is 4.57 Å². The van der Waals surface area contributed by atoms with Crippen LogP contribution in [0, 0.1) is 0 Å². The van der Waals surface area contributed by atoms with Crippen LogP contribution in [0.4, 0.5) is 0 Å². The molecule has 0 aliphatic carbocycles. The fraction of sp³-hybridized carbons (Fsp3) is 0.286. The Morgan fingerprint density at radius 3 is 2.17 bits per heavy atom. The molecule has 0 N–H and O–H groups in total. The van der Waals surface area contributed by atoms with Crippen molar-refractivity contribution >= 4 is 0 Å². The number of rotatable bonds is 8. The number of nitrogens with zero attached hydrogens (tertiary/aromatic N) is 3. The van der Waals surface area contributed by atoms with Gasteiger partial charge in [-0.1, -0.05) is 37.5 Å². The van der Waals surface area contributed by atoms with E-state index in [2.05, 4.69) is 36.0 Å². The highest BCUT2D eigenvalue weighted by molar-refractivity contribution is 4.94. The molecule has 0 aromatic carbocycles. The SMILES string of the molecule is C=CCc1nn(CC=C)c(CC=C)[n+]1CC=C.[I-]. The van der Waals surface area contributed by atoms with Crippen molar-refractivity contribution in [2.45, 2.75) is 25.9 Å². The second-order valence-electron chi connectivity index (χ2n) is 3.69. The van der Waals surface area contributed by atoms with Gasteiger partial charge in [-0.3, -0.25) is 0 Å². The third-order valence-corrected chi connectivity index (χ3v) is 2.42. The average molecular weight is 357 g/mol. The molecule has 0 saturated heterocycles. The summed E-state index contributed by atoms with van der Waals surface area (Å²) in [7, 11) is 0. The molecule has 0 radical (unpaired) electrons. The Hall–Kier alpha value is -1.17. The van der Waals surface area contributed by atoms with Crippen LogP contribution < -0.4 is 28.5 Å². The maximum absolute atomic E-state index is 4.57. The van der Waals surface area contributed by atoms with Gasteiger partial charge in [0.25, 0.3) is 5.82 Å². The summed E-state index contributed by atoms with van der Waals surface area (Å²) >= 11 is 0. The molecule has 0 atom stereocenters. The number of aromatic nitrogens is 3. The van der Waals surface area contributed by atoms with Crippen LogP contribution in [-0.2, 0) is 25.9 Å². The van der Waals surface area contributed by atoms with E-state index in [4.69, 9.17) is 0 Å². The molecule has 1 aromatic rings. The highest BCUT2D eigenvalue weighted by atomic mass is 127. The third-order valence-electron chi connectivity index (χ3n) is 2.42. The van der Waals surface area contributed by atoms with Gasteiger partial charge in [-0.15, -0.1) is 17.8 Å². The molecule has 1 rings (SSSR count). The predicted molar refractivity (Wildman–Crippen MR) is 70.6 cm³/mol. The Kier molecular flexibility index (Phi) is 8.28. The number of halogens is 1. The second kappa shape index (κ2) is 8.85. The molecule has 0 saturated carbocycles. The molecule has 0 amide bonds. The molecule has 0 spiro atoms. The van der Waals surface area contributed by atoms with Crippen LogP contribution in [0.25, 0.3) is 0 Å². The zero-order chi connectivity index (χ0) is 12.7. The first-order valence-corrected chi connectivity index (χ1v) is 5.70. The summed E-state index contributed by atoms with van der Waals surface area (Å²) in [6.07, 6.45) is 8.99. The first-order chi connectivity index (χ1) is 8.28. The van der Waals surface area contributed by atoms with E-state index in [1.807, 2.05) is 29.0 Å². The van der Waals surface area contributed by atoms with E-state index in [1.54, 1.807) is 0 Å². The normalized spacial score (nSPS) is 9.33. The third kappa shape index (κ3) is 3.94. The van der Waals surface area contributed by atoms with E-state index in [1.165, 1.54) is 0 Å². The summed E-state index contributed by atoms with van der Waals surface area (Å²) in [5.41, 5.74) is 0. The fourth-order valence-electron chi connectivity index (χ4n) is 1.77. The van der Waals surface area contributed by atoms with Gasteiger partial charge in [0.15, 0.2) is 0 Å². The van der Waals surface area contributed by atoms with Gasteiger partial charge in [0.1, 0.15) is 6.54 Å². The van der Waals surface area contributed by atoms with E-state index in [9.17, 15) is 0 Å². The highest BCUT2D eigenvalue weighted by Gasteiger charge is 2.21. The molecule has 18 heavy (non-hydrogen) atoms. The van der Waals surface area contributed by atoms with Crippen molar-refractivity contribution < 1.29 is 28.5 Å². The maximum Gasteiger partial charge on any atom is 0.281 e. The van der Waals surface area contributed by atoms with Gasteiger partial charge in [-0.05, 0) is 0 Å². The smallest absolute Gasteiger partial charge is 0.281 e. The molecule has 0 aliphatic rings. The lowest BCUT2D eigenvalue weighted by Crippen LogP contribution is -3.00. The average Bonchev–Trinajstić information content (AvgIpc) is 2.61. The summed E-state index contributed by atoms with van der Waals surface area (Å²) in [6.45, 7) is 16.5. The van der Waals surface area contributed by atoms with Crippen molar-refractivity contribution in [1.29, 1.82) is 0 Å². The Labute approximate surface area is 126 Å². The molecule has 1 heterocycles. The zero-order valence-electron chi connectivity index (χ0n) is 10.7. The van der Waals surface area contributed by atoms with Crippen LogP contribution in [0.5, 0.6) is 0 Å². The van der Waals surface area contributed by atoms with Gasteiger partial charge in [-0.2, -0.15) is 0 Å². The van der Waals surface area contributed by atoms with Crippen molar-refractivity contribution in [3.05, 3.63) is 62.3 Å². The number of allylic oxidation sites excluding steroid dienone is 4. The number of hydrogen-bond donors (Lipinski definition) is 0. The molecular formula is C14H20IN3. The lowest BCUT2D eigenvalue weighted by Gasteiger charge is -1.99. The fourth-order valence-corrected chi connectivity index (χ4v) is 1.77. The molecule has 4 heteroatoms. The Balaban J connectivity index is 0.00000289. The standard InChI is InChI=1S/C14H20N3.HI/c1-5-9-13-15-17(12-8-4)14(10-6-2)16(13)11-7-3;/h5-8H,1-4,9-12H2;1H/q+1;/p-1.